The van der Waals surface area contributed by atoms with Crippen molar-refractivity contribution in [1.29, 1.82) is 0 Å². The first-order chi connectivity index (χ1) is 23.2. The number of nitro groups is 1. The zero-order chi connectivity index (χ0) is 38.8. The van der Waals surface area contributed by atoms with Crippen molar-refractivity contribution in [2.75, 3.05) is 18.1 Å². The minimum atomic E-state index is -0.999. The summed E-state index contributed by atoms with van der Waals surface area (Å²) in [6.07, 6.45) is 4.34. The fourth-order valence-electron chi connectivity index (χ4n) is 9.65. The van der Waals surface area contributed by atoms with E-state index in [1.54, 1.807) is 6.07 Å². The summed E-state index contributed by atoms with van der Waals surface area (Å²) in [5.74, 6) is -1.14. The minimum Gasteiger partial charge on any atom is -0.481 e. The van der Waals surface area contributed by atoms with Crippen LogP contribution in [-0.4, -0.2) is 40.8 Å². The highest BCUT2D eigenvalue weighted by Gasteiger charge is 2.62. The highest BCUT2D eigenvalue weighted by molar-refractivity contribution is 5.79. The number of carboxylic acid groups (broad SMARTS) is 1. The van der Waals surface area contributed by atoms with E-state index in [-0.39, 0.29) is 24.2 Å². The topological polar surface area (TPSA) is 119 Å². The number of hydrogen-bond acceptors (Lipinski definition) is 7. The quantitative estimate of drug-likeness (QED) is 0.132. The van der Waals surface area contributed by atoms with Crippen LogP contribution in [0.25, 0.3) is 6.08 Å². The highest BCUT2D eigenvalue weighted by Crippen LogP contribution is 2.61. The van der Waals surface area contributed by atoms with Crippen LogP contribution >= 0.6 is 0 Å². The number of hydrogen-bond donors (Lipinski definition) is 1. The van der Waals surface area contributed by atoms with Gasteiger partial charge in [-0.15, -0.1) is 0 Å². The Kier molecular flexibility index (Phi) is 10.1. The number of fused-ring (bicyclic) bond motifs is 2. The first-order valence-electron chi connectivity index (χ1n) is 18.1. The molecule has 0 aliphatic carbocycles. The fourth-order valence-corrected chi connectivity index (χ4v) is 9.65. The number of carbonyl (C=O) groups excluding carboxylic acids is 1. The molecule has 2 aromatic rings. The zero-order valence-corrected chi connectivity index (χ0v) is 33.3. The third-order valence-electron chi connectivity index (χ3n) is 13.0. The number of aliphatic carboxylic acids is 1. The molecule has 51 heavy (non-hydrogen) atoms. The number of carbonyl (C=O) groups is 2. The van der Waals surface area contributed by atoms with E-state index in [0.29, 0.717) is 24.3 Å². The molecule has 0 amide bonds. The molecule has 2 aliphatic rings. The smallest absolute Gasteiger partial charge is 0.312 e. The molecule has 9 nitrogen and oxygen atoms in total. The SMILES string of the molecule is CC(C)C(C)(C)C(C)(C(=O)OCCN1c2ccccc2C(C)(C)C12C=Cc1cc([N+](=O)[O-])ccc1O2)C(C)(C)CC(C)(C)C(C(=O)O)C(C)(C)C. The number of rotatable bonds is 12. The van der Waals surface area contributed by atoms with E-state index in [4.69, 9.17) is 9.47 Å². The molecule has 280 valence electrons. The lowest BCUT2D eigenvalue weighted by Crippen LogP contribution is -2.60. The lowest BCUT2D eigenvalue weighted by Gasteiger charge is -2.56. The number of nitrogens with zero attached hydrogens (tertiary/aromatic N) is 2. The second-order valence-corrected chi connectivity index (χ2v) is 18.7. The van der Waals surface area contributed by atoms with Crippen molar-refractivity contribution >= 4 is 29.4 Å². The largest absolute Gasteiger partial charge is 0.481 e. The van der Waals surface area contributed by atoms with Crippen LogP contribution in [0, 0.1) is 49.0 Å². The number of benzene rings is 2. The average Bonchev–Trinajstić information content (AvgIpc) is 3.16. The van der Waals surface area contributed by atoms with Crippen LogP contribution in [0.4, 0.5) is 11.4 Å². The molecule has 0 radical (unpaired) electrons. The molecule has 2 aliphatic heterocycles. The third-order valence-corrected chi connectivity index (χ3v) is 13.0. The van der Waals surface area contributed by atoms with E-state index in [9.17, 15) is 24.8 Å². The summed E-state index contributed by atoms with van der Waals surface area (Å²) >= 11 is 0. The Morgan fingerprint density at radius 3 is 2.14 bits per heavy atom. The van der Waals surface area contributed by atoms with Gasteiger partial charge in [-0.05, 0) is 84.6 Å². The Morgan fingerprint density at radius 2 is 1.59 bits per heavy atom. The van der Waals surface area contributed by atoms with Gasteiger partial charge in [0, 0.05) is 23.4 Å². The van der Waals surface area contributed by atoms with Crippen LogP contribution in [0.15, 0.2) is 48.5 Å². The van der Waals surface area contributed by atoms with Gasteiger partial charge < -0.3 is 19.5 Å². The molecule has 2 aromatic carbocycles. The molecule has 1 N–H and O–H groups in total. The standard InChI is InChI=1S/C42H60N2O7/c1-27(2)39(10,11)41(14,38(8,9)26-37(6,7)33(34(45)46)36(3,4)5)35(47)50-24-23-43-31-18-16-15-17-30(31)40(12,13)42(43)22-21-28-25-29(44(48)49)19-20-32(28)51-42/h15-22,25,27,33H,23-24,26H2,1-14H3,(H,45,46). The fraction of sp³-hybridized carbons (Fsp3) is 0.619. The summed E-state index contributed by atoms with van der Waals surface area (Å²) in [7, 11) is 0. The average molecular weight is 705 g/mol. The molecule has 0 saturated carbocycles. The molecule has 0 fully saturated rings. The van der Waals surface area contributed by atoms with E-state index in [0.717, 1.165) is 11.3 Å². The molecule has 2 heterocycles. The number of anilines is 1. The molecule has 4 rings (SSSR count). The summed E-state index contributed by atoms with van der Waals surface area (Å²) in [6, 6.07) is 12.7. The van der Waals surface area contributed by atoms with E-state index in [1.165, 1.54) is 12.1 Å². The predicted molar refractivity (Wildman–Crippen MR) is 203 cm³/mol. The van der Waals surface area contributed by atoms with Crippen molar-refractivity contribution in [1.82, 2.24) is 0 Å². The van der Waals surface area contributed by atoms with Gasteiger partial charge in [0.05, 0.1) is 28.2 Å². The van der Waals surface area contributed by atoms with Crippen LogP contribution in [0.2, 0.25) is 0 Å². The maximum atomic E-state index is 14.8. The van der Waals surface area contributed by atoms with E-state index < -0.39 is 55.0 Å². The minimum absolute atomic E-state index is 0.00810. The van der Waals surface area contributed by atoms with Crippen LogP contribution < -0.4 is 9.64 Å². The van der Waals surface area contributed by atoms with Crippen LogP contribution in [0.1, 0.15) is 114 Å². The van der Waals surface area contributed by atoms with Gasteiger partial charge in [-0.25, -0.2) is 0 Å². The molecule has 3 atom stereocenters. The van der Waals surface area contributed by atoms with Crippen LogP contribution in [0.5, 0.6) is 5.75 Å². The Labute approximate surface area is 304 Å². The molecule has 0 saturated heterocycles. The third kappa shape index (κ3) is 6.43. The van der Waals surface area contributed by atoms with Gasteiger partial charge >= 0.3 is 11.9 Å². The van der Waals surface area contributed by atoms with Gasteiger partial charge in [-0.2, -0.15) is 0 Å². The summed E-state index contributed by atoms with van der Waals surface area (Å²) in [6.45, 7) is 29.2. The van der Waals surface area contributed by atoms with Crippen molar-refractivity contribution in [3.8, 4) is 5.75 Å². The van der Waals surface area contributed by atoms with Crippen molar-refractivity contribution < 1.29 is 29.1 Å². The Morgan fingerprint density at radius 1 is 0.980 bits per heavy atom. The summed E-state index contributed by atoms with van der Waals surface area (Å²) in [4.78, 5) is 40.6. The van der Waals surface area contributed by atoms with Crippen LogP contribution in [-0.2, 0) is 19.7 Å². The van der Waals surface area contributed by atoms with Gasteiger partial charge in [0.15, 0.2) is 0 Å². The van der Waals surface area contributed by atoms with Crippen LogP contribution in [0.3, 0.4) is 0 Å². The van der Waals surface area contributed by atoms with E-state index in [1.807, 2.05) is 71.9 Å². The highest BCUT2D eigenvalue weighted by atomic mass is 16.6. The van der Waals surface area contributed by atoms with Crippen molar-refractivity contribution in [3.63, 3.8) is 0 Å². The molecular formula is C42H60N2O7. The summed E-state index contributed by atoms with van der Waals surface area (Å²) in [5, 5.41) is 21.9. The predicted octanol–water partition coefficient (Wildman–Crippen LogP) is 9.92. The second kappa shape index (κ2) is 13.0. The number of para-hydroxylation sites is 1. The molecule has 0 aromatic heterocycles. The molecular weight excluding hydrogens is 644 g/mol. The number of carboxylic acids is 1. The monoisotopic (exact) mass is 704 g/mol. The molecule has 1 spiro atoms. The maximum Gasteiger partial charge on any atom is 0.312 e. The maximum absolute atomic E-state index is 14.8. The first-order valence-corrected chi connectivity index (χ1v) is 18.1. The van der Waals surface area contributed by atoms with Gasteiger partial charge in [0.2, 0.25) is 5.72 Å². The van der Waals surface area contributed by atoms with Gasteiger partial charge in [0.25, 0.3) is 5.69 Å². The Hall–Kier alpha value is -3.88. The van der Waals surface area contributed by atoms with Gasteiger partial charge in [-0.3, -0.25) is 19.7 Å². The lowest BCUT2D eigenvalue weighted by molar-refractivity contribution is -0.384. The van der Waals surface area contributed by atoms with Gasteiger partial charge in [0.1, 0.15) is 12.4 Å². The van der Waals surface area contributed by atoms with E-state index in [2.05, 4.69) is 66.4 Å². The van der Waals surface area contributed by atoms with Gasteiger partial charge in [-0.1, -0.05) is 94.4 Å². The van der Waals surface area contributed by atoms with Crippen molar-refractivity contribution in [2.24, 2.45) is 38.9 Å². The first kappa shape index (κ1) is 39.9. The zero-order valence-electron chi connectivity index (χ0n) is 33.3. The van der Waals surface area contributed by atoms with E-state index >= 15 is 0 Å². The number of ether oxygens (including phenoxy) is 2. The molecule has 3 unspecified atom stereocenters. The molecule has 0 bridgehead atoms. The summed E-state index contributed by atoms with van der Waals surface area (Å²) in [5.41, 5.74) is -2.19. The Bertz CT molecular complexity index is 1710. The second-order valence-electron chi connectivity index (χ2n) is 18.7. The van der Waals surface area contributed by atoms with Crippen molar-refractivity contribution in [2.45, 2.75) is 114 Å². The Balaban J connectivity index is 1.69. The number of non-ortho nitro benzene ring substituents is 1. The number of nitro benzene ring substituents is 1. The molecule has 9 heteroatoms. The number of esters is 1. The lowest BCUT2D eigenvalue weighted by atomic mass is 9.47. The normalized spacial score (nSPS) is 20.3. The summed E-state index contributed by atoms with van der Waals surface area (Å²) < 4.78 is 13.2. The van der Waals surface area contributed by atoms with Crippen molar-refractivity contribution in [3.05, 3.63) is 69.8 Å².